The summed E-state index contributed by atoms with van der Waals surface area (Å²) in [6.07, 6.45) is 1.41. The first kappa shape index (κ1) is 16.2. The van der Waals surface area contributed by atoms with E-state index in [0.29, 0.717) is 22.8 Å². The standard InChI is InChI=1S/C17H14ClN7O/c1-24-14-5-3-2-4-13(14)21-16(24)9-19-17(26)12-7-6-11(18)8-15(12)25-10-20-22-23-25/h2-8,10H,9H2,1H3,(H,19,26). The van der Waals surface area contributed by atoms with E-state index in [-0.39, 0.29) is 5.91 Å². The fraction of sp³-hybridized carbons (Fsp3) is 0.118. The maximum atomic E-state index is 12.7. The first-order valence-electron chi connectivity index (χ1n) is 7.85. The largest absolute Gasteiger partial charge is 0.345 e. The van der Waals surface area contributed by atoms with Crippen molar-refractivity contribution in [3.05, 3.63) is 65.2 Å². The summed E-state index contributed by atoms with van der Waals surface area (Å²) in [7, 11) is 1.92. The molecular weight excluding hydrogens is 354 g/mol. The molecule has 4 rings (SSSR count). The fourth-order valence-electron chi connectivity index (χ4n) is 2.77. The lowest BCUT2D eigenvalue weighted by atomic mass is 10.1. The summed E-state index contributed by atoms with van der Waals surface area (Å²) in [6.45, 7) is 0.293. The van der Waals surface area contributed by atoms with Crippen LogP contribution >= 0.6 is 11.6 Å². The van der Waals surface area contributed by atoms with Gasteiger partial charge in [-0.05, 0) is 40.8 Å². The molecule has 0 saturated heterocycles. The molecule has 26 heavy (non-hydrogen) atoms. The van der Waals surface area contributed by atoms with E-state index in [9.17, 15) is 4.79 Å². The number of carbonyl (C=O) groups is 1. The molecule has 2 aromatic heterocycles. The zero-order valence-electron chi connectivity index (χ0n) is 13.8. The number of rotatable bonds is 4. The summed E-state index contributed by atoms with van der Waals surface area (Å²) in [5.41, 5.74) is 2.82. The van der Waals surface area contributed by atoms with E-state index in [1.54, 1.807) is 18.2 Å². The van der Waals surface area contributed by atoms with E-state index >= 15 is 0 Å². The minimum absolute atomic E-state index is 0.265. The Bertz CT molecular complexity index is 1090. The van der Waals surface area contributed by atoms with Crippen LogP contribution in [0.3, 0.4) is 0 Å². The van der Waals surface area contributed by atoms with Crippen LogP contribution in [0.1, 0.15) is 16.2 Å². The lowest BCUT2D eigenvalue weighted by Gasteiger charge is -2.10. The van der Waals surface area contributed by atoms with Gasteiger partial charge in [0.25, 0.3) is 5.91 Å². The van der Waals surface area contributed by atoms with Gasteiger partial charge in [0.15, 0.2) is 0 Å². The summed E-state index contributed by atoms with van der Waals surface area (Å²) in [6, 6.07) is 12.8. The Labute approximate surface area is 153 Å². The molecule has 0 aliphatic rings. The number of aryl methyl sites for hydroxylation is 1. The fourth-order valence-corrected chi connectivity index (χ4v) is 2.93. The number of imidazole rings is 1. The smallest absolute Gasteiger partial charge is 0.253 e. The van der Waals surface area contributed by atoms with Gasteiger partial charge in [0.05, 0.1) is 28.8 Å². The number of carbonyl (C=O) groups excluding carboxylic acids is 1. The van der Waals surface area contributed by atoms with E-state index in [1.165, 1.54) is 11.0 Å². The van der Waals surface area contributed by atoms with Crippen molar-refractivity contribution < 1.29 is 4.79 Å². The van der Waals surface area contributed by atoms with Crippen molar-refractivity contribution in [2.45, 2.75) is 6.54 Å². The molecule has 2 heterocycles. The molecule has 130 valence electrons. The lowest BCUT2D eigenvalue weighted by molar-refractivity contribution is 0.0949. The molecule has 0 aliphatic heterocycles. The van der Waals surface area contributed by atoms with Gasteiger partial charge >= 0.3 is 0 Å². The van der Waals surface area contributed by atoms with Crippen LogP contribution in [0.15, 0.2) is 48.8 Å². The van der Waals surface area contributed by atoms with Crippen molar-refractivity contribution in [3.8, 4) is 5.69 Å². The minimum atomic E-state index is -0.265. The van der Waals surface area contributed by atoms with Crippen molar-refractivity contribution in [2.24, 2.45) is 7.05 Å². The molecule has 2 aromatic carbocycles. The van der Waals surface area contributed by atoms with Crippen LogP contribution in [0.4, 0.5) is 0 Å². The predicted octanol–water partition coefficient (Wildman–Crippen LogP) is 2.13. The number of aromatic nitrogens is 6. The highest BCUT2D eigenvalue weighted by Gasteiger charge is 2.15. The molecule has 0 aliphatic carbocycles. The van der Waals surface area contributed by atoms with E-state index in [1.807, 2.05) is 35.9 Å². The van der Waals surface area contributed by atoms with Crippen molar-refractivity contribution >= 4 is 28.5 Å². The van der Waals surface area contributed by atoms with Gasteiger partial charge < -0.3 is 9.88 Å². The second kappa shape index (κ2) is 6.57. The molecule has 0 unspecified atom stereocenters. The van der Waals surface area contributed by atoms with Crippen molar-refractivity contribution in [1.82, 2.24) is 35.1 Å². The highest BCUT2D eigenvalue weighted by molar-refractivity contribution is 6.31. The van der Waals surface area contributed by atoms with Crippen LogP contribution in [0.25, 0.3) is 16.7 Å². The highest BCUT2D eigenvalue weighted by atomic mass is 35.5. The number of nitrogens with zero attached hydrogens (tertiary/aromatic N) is 6. The van der Waals surface area contributed by atoms with Crippen LogP contribution < -0.4 is 5.32 Å². The van der Waals surface area contributed by atoms with Gasteiger partial charge in [0, 0.05) is 12.1 Å². The second-order valence-corrected chi connectivity index (χ2v) is 6.11. The maximum Gasteiger partial charge on any atom is 0.253 e. The third kappa shape index (κ3) is 2.91. The van der Waals surface area contributed by atoms with Crippen molar-refractivity contribution in [1.29, 1.82) is 0 Å². The Balaban J connectivity index is 1.60. The number of para-hydroxylation sites is 2. The SMILES string of the molecule is Cn1c(CNC(=O)c2ccc(Cl)cc2-n2cnnn2)nc2ccccc21. The third-order valence-corrected chi connectivity index (χ3v) is 4.32. The first-order chi connectivity index (χ1) is 12.6. The highest BCUT2D eigenvalue weighted by Crippen LogP contribution is 2.19. The molecule has 0 saturated carbocycles. The molecule has 1 N–H and O–H groups in total. The Morgan fingerprint density at radius 3 is 2.85 bits per heavy atom. The molecular formula is C17H14ClN7O. The van der Waals surface area contributed by atoms with E-state index in [2.05, 4.69) is 25.8 Å². The number of benzene rings is 2. The van der Waals surface area contributed by atoms with Gasteiger partial charge in [0.2, 0.25) is 0 Å². The average molecular weight is 368 g/mol. The van der Waals surface area contributed by atoms with E-state index < -0.39 is 0 Å². The van der Waals surface area contributed by atoms with Crippen LogP contribution in [-0.4, -0.2) is 35.7 Å². The molecule has 4 aromatic rings. The van der Waals surface area contributed by atoms with Gasteiger partial charge in [-0.25, -0.2) is 4.98 Å². The Morgan fingerprint density at radius 2 is 2.08 bits per heavy atom. The third-order valence-electron chi connectivity index (χ3n) is 4.09. The van der Waals surface area contributed by atoms with Crippen molar-refractivity contribution in [2.75, 3.05) is 0 Å². The van der Waals surface area contributed by atoms with Gasteiger partial charge in [-0.15, -0.1) is 5.10 Å². The van der Waals surface area contributed by atoms with E-state index in [4.69, 9.17) is 11.6 Å². The number of nitrogens with one attached hydrogen (secondary N) is 1. The van der Waals surface area contributed by atoms with Crippen LogP contribution in [-0.2, 0) is 13.6 Å². The van der Waals surface area contributed by atoms with Gasteiger partial charge in [-0.3, -0.25) is 4.79 Å². The van der Waals surface area contributed by atoms with Gasteiger partial charge in [0.1, 0.15) is 12.2 Å². The molecule has 1 amide bonds. The summed E-state index contributed by atoms with van der Waals surface area (Å²) in [4.78, 5) is 17.3. The number of amides is 1. The summed E-state index contributed by atoms with van der Waals surface area (Å²) >= 11 is 6.05. The monoisotopic (exact) mass is 367 g/mol. The Morgan fingerprint density at radius 1 is 1.23 bits per heavy atom. The van der Waals surface area contributed by atoms with E-state index in [0.717, 1.165) is 16.9 Å². The molecule has 0 spiro atoms. The molecule has 0 fully saturated rings. The lowest BCUT2D eigenvalue weighted by Crippen LogP contribution is -2.25. The number of hydrogen-bond donors (Lipinski definition) is 1. The predicted molar refractivity (Wildman–Crippen MR) is 96.0 cm³/mol. The summed E-state index contributed by atoms with van der Waals surface area (Å²) < 4.78 is 3.36. The molecule has 0 bridgehead atoms. The molecule has 0 radical (unpaired) electrons. The first-order valence-corrected chi connectivity index (χ1v) is 8.23. The number of tetrazole rings is 1. The summed E-state index contributed by atoms with van der Waals surface area (Å²) in [5, 5.41) is 14.4. The zero-order chi connectivity index (χ0) is 18.1. The zero-order valence-corrected chi connectivity index (χ0v) is 14.6. The van der Waals surface area contributed by atoms with Crippen LogP contribution in [0.2, 0.25) is 5.02 Å². The second-order valence-electron chi connectivity index (χ2n) is 5.67. The van der Waals surface area contributed by atoms with Crippen LogP contribution in [0, 0.1) is 0 Å². The Kier molecular flexibility index (Phi) is 4.10. The molecule has 9 heteroatoms. The number of fused-ring (bicyclic) bond motifs is 1. The van der Waals surface area contributed by atoms with Gasteiger partial charge in [-0.2, -0.15) is 4.68 Å². The minimum Gasteiger partial charge on any atom is -0.345 e. The van der Waals surface area contributed by atoms with Gasteiger partial charge in [-0.1, -0.05) is 23.7 Å². The molecule has 8 nitrogen and oxygen atoms in total. The Hall–Kier alpha value is -3.26. The quantitative estimate of drug-likeness (QED) is 0.596. The molecule has 0 atom stereocenters. The van der Waals surface area contributed by atoms with Crippen molar-refractivity contribution in [3.63, 3.8) is 0 Å². The number of halogens is 1. The normalized spacial score (nSPS) is 11.0. The average Bonchev–Trinajstić information content (AvgIpc) is 3.29. The van der Waals surface area contributed by atoms with Crippen LogP contribution in [0.5, 0.6) is 0 Å². The summed E-state index contributed by atoms with van der Waals surface area (Å²) in [5.74, 6) is 0.497. The number of hydrogen-bond acceptors (Lipinski definition) is 5. The topological polar surface area (TPSA) is 90.5 Å². The maximum absolute atomic E-state index is 12.7.